The first-order valence-corrected chi connectivity index (χ1v) is 4.96. The Balaban J connectivity index is 2.12. The molecule has 15 heavy (non-hydrogen) atoms. The van der Waals surface area contributed by atoms with Gasteiger partial charge in [0.1, 0.15) is 5.82 Å². The molecule has 3 N–H and O–H groups in total. The largest absolute Gasteiger partial charge is 0.321 e. The molecule has 1 unspecified atom stereocenters. The number of rotatable bonds is 3. The van der Waals surface area contributed by atoms with Gasteiger partial charge in [0, 0.05) is 6.42 Å². The van der Waals surface area contributed by atoms with Crippen molar-refractivity contribution in [2.75, 3.05) is 0 Å². The van der Waals surface area contributed by atoms with Crippen molar-refractivity contribution in [3.63, 3.8) is 0 Å². The lowest BCUT2D eigenvalue weighted by Gasteiger charge is -1.96. The van der Waals surface area contributed by atoms with Crippen molar-refractivity contribution in [2.24, 2.45) is 5.73 Å². The molecule has 78 valence electrons. The molecule has 1 aromatic heterocycles. The molecule has 0 saturated heterocycles. The van der Waals surface area contributed by atoms with Crippen LogP contribution in [0.2, 0.25) is 0 Å². The lowest BCUT2D eigenvalue weighted by molar-refractivity contribution is 0.744. The zero-order valence-corrected chi connectivity index (χ0v) is 8.64. The first-order valence-electron chi connectivity index (χ1n) is 4.96. The summed E-state index contributed by atoms with van der Waals surface area (Å²) in [5.41, 5.74) is 6.89. The van der Waals surface area contributed by atoms with Crippen LogP contribution in [0.3, 0.4) is 0 Å². The van der Waals surface area contributed by atoms with Gasteiger partial charge in [-0.3, -0.25) is 5.10 Å². The molecule has 0 amide bonds. The SMILES string of the molecule is CC(N)c1n[nH]c(Cc2ccccc2)n1. The van der Waals surface area contributed by atoms with Crippen molar-refractivity contribution in [3.05, 3.63) is 47.5 Å². The van der Waals surface area contributed by atoms with Gasteiger partial charge in [0.15, 0.2) is 5.82 Å². The Kier molecular flexibility index (Phi) is 2.78. The molecule has 2 rings (SSSR count). The maximum Gasteiger partial charge on any atom is 0.167 e. The van der Waals surface area contributed by atoms with Crippen LogP contribution in [-0.2, 0) is 6.42 Å². The molecular formula is C11H14N4. The first kappa shape index (κ1) is 9.86. The lowest BCUT2D eigenvalue weighted by atomic mass is 10.1. The van der Waals surface area contributed by atoms with Crippen LogP contribution in [0.25, 0.3) is 0 Å². The topological polar surface area (TPSA) is 67.6 Å². The summed E-state index contributed by atoms with van der Waals surface area (Å²) in [5, 5.41) is 6.95. The van der Waals surface area contributed by atoms with E-state index < -0.39 is 0 Å². The van der Waals surface area contributed by atoms with Crippen LogP contribution in [0.1, 0.15) is 30.2 Å². The average molecular weight is 202 g/mol. The molecule has 0 aliphatic heterocycles. The summed E-state index contributed by atoms with van der Waals surface area (Å²) in [6, 6.07) is 10.0. The number of nitrogens with one attached hydrogen (secondary N) is 1. The Bertz CT molecular complexity index is 419. The van der Waals surface area contributed by atoms with E-state index in [-0.39, 0.29) is 6.04 Å². The van der Waals surface area contributed by atoms with Crippen LogP contribution in [0.15, 0.2) is 30.3 Å². The molecule has 0 saturated carbocycles. The average Bonchev–Trinajstić information content (AvgIpc) is 2.68. The number of nitrogens with two attached hydrogens (primary N) is 1. The van der Waals surface area contributed by atoms with E-state index in [1.807, 2.05) is 25.1 Å². The summed E-state index contributed by atoms with van der Waals surface area (Å²) in [5.74, 6) is 1.52. The van der Waals surface area contributed by atoms with E-state index in [0.29, 0.717) is 5.82 Å². The molecule has 1 atom stereocenters. The smallest absolute Gasteiger partial charge is 0.167 e. The molecule has 4 heteroatoms. The van der Waals surface area contributed by atoms with E-state index in [0.717, 1.165) is 12.2 Å². The summed E-state index contributed by atoms with van der Waals surface area (Å²) in [4.78, 5) is 4.31. The second-order valence-electron chi connectivity index (χ2n) is 3.59. The highest BCUT2D eigenvalue weighted by molar-refractivity contribution is 5.18. The Hall–Kier alpha value is -1.68. The maximum absolute atomic E-state index is 5.68. The lowest BCUT2D eigenvalue weighted by Crippen LogP contribution is -2.06. The van der Waals surface area contributed by atoms with Crippen LogP contribution >= 0.6 is 0 Å². The summed E-state index contributed by atoms with van der Waals surface area (Å²) in [7, 11) is 0. The van der Waals surface area contributed by atoms with Crippen molar-refractivity contribution in [3.8, 4) is 0 Å². The number of aromatic nitrogens is 3. The molecule has 0 bridgehead atoms. The van der Waals surface area contributed by atoms with Crippen molar-refractivity contribution >= 4 is 0 Å². The van der Waals surface area contributed by atoms with Gasteiger partial charge in [0.25, 0.3) is 0 Å². The zero-order chi connectivity index (χ0) is 10.7. The Morgan fingerprint density at radius 2 is 2.07 bits per heavy atom. The van der Waals surface area contributed by atoms with E-state index in [4.69, 9.17) is 5.73 Å². The summed E-state index contributed by atoms with van der Waals surface area (Å²) in [6.07, 6.45) is 0.764. The zero-order valence-electron chi connectivity index (χ0n) is 8.64. The third-order valence-electron chi connectivity index (χ3n) is 2.17. The number of hydrogen-bond acceptors (Lipinski definition) is 3. The molecule has 0 fully saturated rings. The fourth-order valence-corrected chi connectivity index (χ4v) is 1.38. The second-order valence-corrected chi connectivity index (χ2v) is 3.59. The fraction of sp³-hybridized carbons (Fsp3) is 0.273. The molecule has 0 aliphatic carbocycles. The molecule has 4 nitrogen and oxygen atoms in total. The van der Waals surface area contributed by atoms with Crippen molar-refractivity contribution < 1.29 is 0 Å². The van der Waals surface area contributed by atoms with Gasteiger partial charge < -0.3 is 5.73 Å². The van der Waals surface area contributed by atoms with Crippen LogP contribution in [0.4, 0.5) is 0 Å². The summed E-state index contributed by atoms with van der Waals surface area (Å²) >= 11 is 0. The number of aromatic amines is 1. The van der Waals surface area contributed by atoms with Gasteiger partial charge in [-0.1, -0.05) is 30.3 Å². The van der Waals surface area contributed by atoms with Crippen LogP contribution in [0, 0.1) is 0 Å². The van der Waals surface area contributed by atoms with Gasteiger partial charge in [-0.15, -0.1) is 0 Å². The fourth-order valence-electron chi connectivity index (χ4n) is 1.38. The normalized spacial score (nSPS) is 12.7. The molecule has 1 heterocycles. The molecule has 0 spiro atoms. The van der Waals surface area contributed by atoms with Crippen LogP contribution < -0.4 is 5.73 Å². The highest BCUT2D eigenvalue weighted by Crippen LogP contribution is 2.07. The predicted octanol–water partition coefficient (Wildman–Crippen LogP) is 1.42. The van der Waals surface area contributed by atoms with E-state index in [9.17, 15) is 0 Å². The molecule has 0 radical (unpaired) electrons. The summed E-state index contributed by atoms with van der Waals surface area (Å²) < 4.78 is 0. The van der Waals surface area contributed by atoms with Gasteiger partial charge in [-0.25, -0.2) is 4.98 Å². The number of benzene rings is 1. The van der Waals surface area contributed by atoms with Gasteiger partial charge in [-0.05, 0) is 12.5 Å². The molecular weight excluding hydrogens is 188 g/mol. The third kappa shape index (κ3) is 2.41. The minimum atomic E-state index is -0.120. The Morgan fingerprint density at radius 1 is 1.33 bits per heavy atom. The molecule has 1 aromatic carbocycles. The first-order chi connectivity index (χ1) is 7.25. The second kappa shape index (κ2) is 4.23. The molecule has 0 aliphatic rings. The quantitative estimate of drug-likeness (QED) is 0.790. The maximum atomic E-state index is 5.68. The standard InChI is InChI=1S/C11H14N4/c1-8(12)11-13-10(14-15-11)7-9-5-3-2-4-6-9/h2-6,8H,7,12H2,1H3,(H,13,14,15). The van der Waals surface area contributed by atoms with Gasteiger partial charge in [0.05, 0.1) is 6.04 Å². The van der Waals surface area contributed by atoms with E-state index in [1.54, 1.807) is 0 Å². The van der Waals surface area contributed by atoms with E-state index in [2.05, 4.69) is 27.3 Å². The van der Waals surface area contributed by atoms with Gasteiger partial charge >= 0.3 is 0 Å². The van der Waals surface area contributed by atoms with Crippen molar-refractivity contribution in [1.82, 2.24) is 15.2 Å². The van der Waals surface area contributed by atoms with Crippen molar-refractivity contribution in [2.45, 2.75) is 19.4 Å². The predicted molar refractivity (Wildman–Crippen MR) is 58.2 cm³/mol. The minimum Gasteiger partial charge on any atom is -0.321 e. The summed E-state index contributed by atoms with van der Waals surface area (Å²) in [6.45, 7) is 1.87. The monoisotopic (exact) mass is 202 g/mol. The van der Waals surface area contributed by atoms with E-state index in [1.165, 1.54) is 5.56 Å². The number of H-pyrrole nitrogens is 1. The number of nitrogens with zero attached hydrogens (tertiary/aromatic N) is 2. The number of hydrogen-bond donors (Lipinski definition) is 2. The van der Waals surface area contributed by atoms with Gasteiger partial charge in [-0.2, -0.15) is 5.10 Å². The van der Waals surface area contributed by atoms with Crippen molar-refractivity contribution in [1.29, 1.82) is 0 Å². The molecule has 2 aromatic rings. The highest BCUT2D eigenvalue weighted by atomic mass is 15.2. The highest BCUT2D eigenvalue weighted by Gasteiger charge is 2.07. The van der Waals surface area contributed by atoms with Crippen LogP contribution in [-0.4, -0.2) is 15.2 Å². The Labute approximate surface area is 88.5 Å². The minimum absolute atomic E-state index is 0.120. The van der Waals surface area contributed by atoms with E-state index >= 15 is 0 Å². The Morgan fingerprint density at radius 3 is 2.67 bits per heavy atom. The van der Waals surface area contributed by atoms with Crippen LogP contribution in [0.5, 0.6) is 0 Å². The third-order valence-corrected chi connectivity index (χ3v) is 2.17. The van der Waals surface area contributed by atoms with Gasteiger partial charge in [0.2, 0.25) is 0 Å².